The third-order valence-electron chi connectivity index (χ3n) is 4.74. The first kappa shape index (κ1) is 24.4. The van der Waals surface area contributed by atoms with Crippen LogP contribution in [0.3, 0.4) is 0 Å². The molecule has 4 N–H and O–H groups in total. The molecule has 0 rings (SSSR count). The van der Waals surface area contributed by atoms with Gasteiger partial charge in [0.05, 0.1) is 0 Å². The van der Waals surface area contributed by atoms with Gasteiger partial charge in [-0.15, -0.1) is 0 Å². The van der Waals surface area contributed by atoms with Gasteiger partial charge in [0, 0.05) is 31.6 Å². The van der Waals surface area contributed by atoms with E-state index in [4.69, 9.17) is 5.73 Å². The second kappa shape index (κ2) is 11.9. The molecule has 2 unspecified atom stereocenters. The van der Waals surface area contributed by atoms with E-state index in [1.54, 1.807) is 0 Å². The van der Waals surface area contributed by atoms with Crippen molar-refractivity contribution < 1.29 is 4.79 Å². The summed E-state index contributed by atoms with van der Waals surface area (Å²) in [6.45, 7) is 18.6. The van der Waals surface area contributed by atoms with E-state index in [2.05, 4.69) is 59.1 Å². The zero-order valence-electron chi connectivity index (χ0n) is 18.0. The summed E-state index contributed by atoms with van der Waals surface area (Å²) in [7, 11) is 0. The molecule has 4 heteroatoms. The van der Waals surface area contributed by atoms with Crippen LogP contribution in [0.15, 0.2) is 0 Å². The van der Waals surface area contributed by atoms with Crippen molar-refractivity contribution in [3.05, 3.63) is 0 Å². The molecule has 0 spiro atoms. The first-order chi connectivity index (χ1) is 11.5. The maximum atomic E-state index is 12.4. The Balaban J connectivity index is 4.04. The van der Waals surface area contributed by atoms with E-state index in [1.807, 2.05) is 0 Å². The molecule has 0 aliphatic heterocycles. The van der Waals surface area contributed by atoms with Gasteiger partial charge in [0.15, 0.2) is 0 Å². The smallest absolute Gasteiger partial charge is 0.225 e. The largest absolute Gasteiger partial charge is 0.354 e. The van der Waals surface area contributed by atoms with E-state index >= 15 is 0 Å². The fraction of sp³-hybridized carbons (Fsp3) is 0.952. The van der Waals surface area contributed by atoms with Crippen molar-refractivity contribution in [1.29, 1.82) is 0 Å². The normalized spacial score (nSPS) is 15.0. The Hall–Kier alpha value is -0.610. The lowest BCUT2D eigenvalue weighted by Gasteiger charge is -2.28. The Morgan fingerprint density at radius 2 is 1.48 bits per heavy atom. The molecular weight excluding hydrogens is 310 g/mol. The van der Waals surface area contributed by atoms with Crippen LogP contribution < -0.4 is 16.4 Å². The zero-order valence-corrected chi connectivity index (χ0v) is 18.0. The van der Waals surface area contributed by atoms with Crippen LogP contribution in [-0.4, -0.2) is 32.1 Å². The van der Waals surface area contributed by atoms with Gasteiger partial charge in [-0.05, 0) is 30.1 Å². The Morgan fingerprint density at radius 3 is 2.00 bits per heavy atom. The highest BCUT2D eigenvalue weighted by Gasteiger charge is 2.29. The number of nitrogens with one attached hydrogen (secondary N) is 2. The quantitative estimate of drug-likeness (QED) is 0.438. The Labute approximate surface area is 157 Å². The molecule has 0 aliphatic carbocycles. The number of hydrogen-bond donors (Lipinski definition) is 3. The summed E-state index contributed by atoms with van der Waals surface area (Å²) in [5, 5.41) is 6.24. The predicted octanol–water partition coefficient (Wildman–Crippen LogP) is 3.95. The van der Waals surface area contributed by atoms with E-state index in [9.17, 15) is 4.79 Å². The molecule has 150 valence electrons. The van der Waals surface area contributed by atoms with Crippen molar-refractivity contribution in [1.82, 2.24) is 10.6 Å². The van der Waals surface area contributed by atoms with Crippen LogP contribution in [0.25, 0.3) is 0 Å². The Kier molecular flexibility index (Phi) is 11.6. The maximum Gasteiger partial charge on any atom is 0.225 e. The van der Waals surface area contributed by atoms with Gasteiger partial charge in [0.2, 0.25) is 5.91 Å². The molecule has 1 amide bonds. The SMILES string of the molecule is CC(CCCC(C)CC(C)(C)C(=O)NCCNCCN)CC(C)(C)C. The summed E-state index contributed by atoms with van der Waals surface area (Å²) in [4.78, 5) is 12.4. The van der Waals surface area contributed by atoms with Crippen molar-refractivity contribution in [2.24, 2.45) is 28.4 Å². The first-order valence-electron chi connectivity index (χ1n) is 10.2. The van der Waals surface area contributed by atoms with Crippen LogP contribution >= 0.6 is 0 Å². The molecular formula is C21H45N3O. The van der Waals surface area contributed by atoms with E-state index in [0.717, 1.165) is 25.4 Å². The third-order valence-corrected chi connectivity index (χ3v) is 4.74. The predicted molar refractivity (Wildman–Crippen MR) is 110 cm³/mol. The Bertz CT molecular complexity index is 361. The van der Waals surface area contributed by atoms with Crippen LogP contribution in [0.5, 0.6) is 0 Å². The molecule has 25 heavy (non-hydrogen) atoms. The molecule has 0 saturated heterocycles. The molecule has 0 bridgehead atoms. The second-order valence-electron chi connectivity index (χ2n) is 9.79. The van der Waals surface area contributed by atoms with Crippen LogP contribution in [0.2, 0.25) is 0 Å². The van der Waals surface area contributed by atoms with Gasteiger partial charge in [-0.3, -0.25) is 4.79 Å². The van der Waals surface area contributed by atoms with Crippen LogP contribution in [-0.2, 0) is 4.79 Å². The average Bonchev–Trinajstić information content (AvgIpc) is 2.44. The summed E-state index contributed by atoms with van der Waals surface area (Å²) < 4.78 is 0. The lowest BCUT2D eigenvalue weighted by molar-refractivity contribution is -0.130. The topological polar surface area (TPSA) is 67.2 Å². The fourth-order valence-corrected chi connectivity index (χ4v) is 3.76. The standard InChI is InChI=1S/C21H45N3O/c1-17(15-20(3,4)5)9-8-10-18(2)16-21(6,7)19(25)24-14-13-23-12-11-22/h17-18,23H,8-16,22H2,1-7H3,(H,24,25). The zero-order chi connectivity index (χ0) is 19.5. The highest BCUT2D eigenvalue weighted by molar-refractivity contribution is 5.81. The minimum Gasteiger partial charge on any atom is -0.354 e. The summed E-state index contributed by atoms with van der Waals surface area (Å²) in [5.74, 6) is 1.53. The molecule has 2 atom stereocenters. The van der Waals surface area contributed by atoms with Gasteiger partial charge >= 0.3 is 0 Å². The molecule has 0 aromatic carbocycles. The number of rotatable bonds is 13. The number of amides is 1. The van der Waals surface area contributed by atoms with Crippen molar-refractivity contribution in [3.63, 3.8) is 0 Å². The number of carbonyl (C=O) groups is 1. The van der Waals surface area contributed by atoms with Gasteiger partial charge in [-0.25, -0.2) is 0 Å². The summed E-state index contributed by atoms with van der Waals surface area (Å²) >= 11 is 0. The van der Waals surface area contributed by atoms with Crippen LogP contribution in [0.1, 0.15) is 80.6 Å². The highest BCUT2D eigenvalue weighted by Crippen LogP contribution is 2.30. The molecule has 0 aliphatic rings. The van der Waals surface area contributed by atoms with Crippen molar-refractivity contribution in [3.8, 4) is 0 Å². The monoisotopic (exact) mass is 355 g/mol. The molecule has 0 aromatic heterocycles. The fourth-order valence-electron chi connectivity index (χ4n) is 3.76. The molecule has 0 heterocycles. The van der Waals surface area contributed by atoms with Gasteiger partial charge in [-0.2, -0.15) is 0 Å². The van der Waals surface area contributed by atoms with E-state index in [-0.39, 0.29) is 11.3 Å². The van der Waals surface area contributed by atoms with Gasteiger partial charge in [0.25, 0.3) is 0 Å². The molecule has 0 aromatic rings. The summed E-state index contributed by atoms with van der Waals surface area (Å²) in [6.07, 6.45) is 6.00. The van der Waals surface area contributed by atoms with Gasteiger partial charge < -0.3 is 16.4 Å². The highest BCUT2D eigenvalue weighted by atomic mass is 16.2. The Morgan fingerprint density at radius 1 is 0.920 bits per heavy atom. The number of nitrogens with two attached hydrogens (primary N) is 1. The van der Waals surface area contributed by atoms with E-state index in [1.165, 1.54) is 25.7 Å². The van der Waals surface area contributed by atoms with Crippen molar-refractivity contribution >= 4 is 5.91 Å². The number of hydrogen-bond acceptors (Lipinski definition) is 3. The maximum absolute atomic E-state index is 12.4. The molecule has 4 nitrogen and oxygen atoms in total. The van der Waals surface area contributed by atoms with E-state index in [0.29, 0.717) is 24.4 Å². The minimum atomic E-state index is -0.301. The van der Waals surface area contributed by atoms with Crippen molar-refractivity contribution in [2.75, 3.05) is 26.2 Å². The van der Waals surface area contributed by atoms with Crippen molar-refractivity contribution in [2.45, 2.75) is 80.6 Å². The lowest BCUT2D eigenvalue weighted by atomic mass is 9.79. The summed E-state index contributed by atoms with van der Waals surface area (Å²) in [6, 6.07) is 0. The molecule has 0 fully saturated rings. The molecule has 0 saturated carbocycles. The van der Waals surface area contributed by atoms with Gasteiger partial charge in [0.1, 0.15) is 0 Å². The van der Waals surface area contributed by atoms with E-state index < -0.39 is 0 Å². The summed E-state index contributed by atoms with van der Waals surface area (Å²) in [5.41, 5.74) is 5.55. The van der Waals surface area contributed by atoms with Gasteiger partial charge in [-0.1, -0.05) is 67.7 Å². The van der Waals surface area contributed by atoms with Crippen LogP contribution in [0, 0.1) is 22.7 Å². The lowest BCUT2D eigenvalue weighted by Crippen LogP contribution is -2.41. The average molecular weight is 356 g/mol. The number of carbonyl (C=O) groups excluding carboxylic acids is 1. The minimum absolute atomic E-state index is 0.162. The first-order valence-corrected chi connectivity index (χ1v) is 10.2. The second-order valence-corrected chi connectivity index (χ2v) is 9.79. The van der Waals surface area contributed by atoms with Crippen LogP contribution in [0.4, 0.5) is 0 Å². The third kappa shape index (κ3) is 13.3. The molecule has 0 radical (unpaired) electrons.